The first-order valence-corrected chi connectivity index (χ1v) is 5.94. The lowest BCUT2D eigenvalue weighted by Crippen LogP contribution is -1.98. The summed E-state index contributed by atoms with van der Waals surface area (Å²) < 4.78 is 10.2. The van der Waals surface area contributed by atoms with Gasteiger partial charge >= 0.3 is 5.63 Å². The van der Waals surface area contributed by atoms with E-state index in [1.165, 1.54) is 19.2 Å². The molecule has 3 aromatic rings. The molecule has 0 saturated heterocycles. The summed E-state index contributed by atoms with van der Waals surface area (Å²) in [5.74, 6) is 0.247. The second-order valence-electron chi connectivity index (χ2n) is 4.24. The van der Waals surface area contributed by atoms with E-state index < -0.39 is 5.63 Å². The van der Waals surface area contributed by atoms with Crippen molar-refractivity contribution >= 4 is 11.0 Å². The van der Waals surface area contributed by atoms with Crippen molar-refractivity contribution in [3.8, 4) is 22.6 Å². The van der Waals surface area contributed by atoms with E-state index in [1.54, 1.807) is 30.6 Å². The van der Waals surface area contributed by atoms with E-state index in [-0.39, 0.29) is 5.75 Å². The van der Waals surface area contributed by atoms with Crippen LogP contribution in [-0.4, -0.2) is 17.2 Å². The van der Waals surface area contributed by atoms with E-state index in [0.717, 1.165) is 5.56 Å². The molecule has 0 aliphatic rings. The zero-order valence-corrected chi connectivity index (χ0v) is 10.7. The highest BCUT2D eigenvalue weighted by atomic mass is 16.5. The zero-order chi connectivity index (χ0) is 14.1. The molecule has 1 aromatic carbocycles. The van der Waals surface area contributed by atoms with Crippen LogP contribution in [0.15, 0.2) is 51.9 Å². The van der Waals surface area contributed by atoms with Crippen LogP contribution in [0.2, 0.25) is 0 Å². The minimum Gasteiger partial charge on any atom is -0.504 e. The van der Waals surface area contributed by atoms with Gasteiger partial charge in [-0.15, -0.1) is 0 Å². The monoisotopic (exact) mass is 269 g/mol. The molecule has 0 saturated carbocycles. The summed E-state index contributed by atoms with van der Waals surface area (Å²) in [6.45, 7) is 0. The van der Waals surface area contributed by atoms with Gasteiger partial charge < -0.3 is 14.3 Å². The minimum absolute atomic E-state index is 0.0740. The third-order valence-electron chi connectivity index (χ3n) is 3.04. The smallest absolute Gasteiger partial charge is 0.336 e. The molecule has 0 spiro atoms. The molecule has 5 heteroatoms. The number of pyridine rings is 1. The van der Waals surface area contributed by atoms with Gasteiger partial charge in [-0.05, 0) is 23.8 Å². The van der Waals surface area contributed by atoms with Crippen molar-refractivity contribution in [2.24, 2.45) is 0 Å². The standard InChI is InChI=1S/C15H11NO4/c1-19-14-6-11-10(9-2-4-16-5-3-9)7-15(18)20-13(11)8-12(14)17/h2-8,17H,1H3. The van der Waals surface area contributed by atoms with Crippen molar-refractivity contribution in [2.75, 3.05) is 7.11 Å². The molecule has 20 heavy (non-hydrogen) atoms. The number of hydrogen-bond donors (Lipinski definition) is 1. The summed E-state index contributed by atoms with van der Waals surface area (Å²) in [5.41, 5.74) is 1.37. The third-order valence-corrected chi connectivity index (χ3v) is 3.04. The van der Waals surface area contributed by atoms with E-state index >= 15 is 0 Å². The molecule has 0 atom stereocenters. The highest BCUT2D eigenvalue weighted by molar-refractivity contribution is 5.94. The molecular weight excluding hydrogens is 258 g/mol. The van der Waals surface area contributed by atoms with Crippen LogP contribution >= 0.6 is 0 Å². The summed E-state index contributed by atoms with van der Waals surface area (Å²) in [5, 5.41) is 10.4. The average molecular weight is 269 g/mol. The fourth-order valence-corrected chi connectivity index (χ4v) is 2.11. The van der Waals surface area contributed by atoms with Crippen molar-refractivity contribution in [1.82, 2.24) is 4.98 Å². The van der Waals surface area contributed by atoms with Crippen LogP contribution in [0.1, 0.15) is 0 Å². The predicted octanol–water partition coefficient (Wildman–Crippen LogP) is 2.57. The summed E-state index contributed by atoms with van der Waals surface area (Å²) in [4.78, 5) is 15.6. The molecule has 0 aliphatic heterocycles. The van der Waals surface area contributed by atoms with Crippen LogP contribution in [0.4, 0.5) is 0 Å². The van der Waals surface area contributed by atoms with Gasteiger partial charge in [0.05, 0.1) is 7.11 Å². The normalized spacial score (nSPS) is 10.7. The van der Waals surface area contributed by atoms with Crippen molar-refractivity contribution < 1.29 is 14.3 Å². The fraction of sp³-hybridized carbons (Fsp3) is 0.0667. The maximum Gasteiger partial charge on any atom is 0.336 e. The molecule has 2 aromatic heterocycles. The Labute approximate surface area is 114 Å². The maximum atomic E-state index is 11.6. The van der Waals surface area contributed by atoms with Crippen LogP contribution in [0.25, 0.3) is 22.1 Å². The van der Waals surface area contributed by atoms with Crippen LogP contribution in [0, 0.1) is 0 Å². The number of ether oxygens (including phenoxy) is 1. The average Bonchev–Trinajstić information content (AvgIpc) is 2.46. The Morgan fingerprint density at radius 2 is 1.95 bits per heavy atom. The molecule has 0 unspecified atom stereocenters. The Bertz CT molecular complexity index is 824. The number of rotatable bonds is 2. The maximum absolute atomic E-state index is 11.6. The van der Waals surface area contributed by atoms with Gasteiger partial charge in [-0.2, -0.15) is 0 Å². The Morgan fingerprint density at radius 1 is 1.20 bits per heavy atom. The Balaban J connectivity index is 2.39. The molecule has 100 valence electrons. The first-order valence-electron chi connectivity index (χ1n) is 5.94. The summed E-state index contributed by atoms with van der Waals surface area (Å²) in [7, 11) is 1.46. The van der Waals surface area contributed by atoms with Gasteiger partial charge in [-0.25, -0.2) is 4.79 Å². The second-order valence-corrected chi connectivity index (χ2v) is 4.24. The molecule has 0 fully saturated rings. The number of benzene rings is 1. The molecular formula is C15H11NO4. The lowest BCUT2D eigenvalue weighted by molar-refractivity contribution is 0.373. The highest BCUT2D eigenvalue weighted by Crippen LogP contribution is 2.35. The van der Waals surface area contributed by atoms with Gasteiger partial charge in [0.25, 0.3) is 0 Å². The van der Waals surface area contributed by atoms with Crippen molar-refractivity contribution in [1.29, 1.82) is 0 Å². The van der Waals surface area contributed by atoms with E-state index in [2.05, 4.69) is 4.98 Å². The number of methoxy groups -OCH3 is 1. The van der Waals surface area contributed by atoms with E-state index in [0.29, 0.717) is 22.3 Å². The van der Waals surface area contributed by atoms with E-state index in [4.69, 9.17) is 9.15 Å². The van der Waals surface area contributed by atoms with Crippen LogP contribution in [-0.2, 0) is 0 Å². The number of phenolic OH excluding ortho intramolecular Hbond substituents is 1. The third kappa shape index (κ3) is 1.99. The SMILES string of the molecule is COc1cc2c(-c3ccncc3)cc(=O)oc2cc1O. The first kappa shape index (κ1) is 12.2. The van der Waals surface area contributed by atoms with E-state index in [9.17, 15) is 9.90 Å². The molecule has 0 bridgehead atoms. The molecule has 0 amide bonds. The van der Waals surface area contributed by atoms with Gasteiger partial charge in [0.15, 0.2) is 11.5 Å². The van der Waals surface area contributed by atoms with Crippen molar-refractivity contribution in [3.63, 3.8) is 0 Å². The quantitative estimate of drug-likeness (QED) is 0.724. The van der Waals surface area contributed by atoms with Gasteiger partial charge in [-0.1, -0.05) is 0 Å². The predicted molar refractivity (Wildman–Crippen MR) is 73.9 cm³/mol. The lowest BCUT2D eigenvalue weighted by atomic mass is 10.0. The molecule has 5 nitrogen and oxygen atoms in total. The zero-order valence-electron chi connectivity index (χ0n) is 10.7. The Morgan fingerprint density at radius 3 is 2.65 bits per heavy atom. The summed E-state index contributed by atoms with van der Waals surface area (Å²) in [6, 6.07) is 8.03. The van der Waals surface area contributed by atoms with Gasteiger partial charge in [-0.3, -0.25) is 4.98 Å². The van der Waals surface area contributed by atoms with Crippen molar-refractivity contribution in [2.45, 2.75) is 0 Å². The van der Waals surface area contributed by atoms with Gasteiger partial charge in [0, 0.05) is 35.5 Å². The lowest BCUT2D eigenvalue weighted by Gasteiger charge is -2.08. The molecule has 0 radical (unpaired) electrons. The number of phenols is 1. The summed E-state index contributed by atoms with van der Waals surface area (Å²) in [6.07, 6.45) is 3.29. The van der Waals surface area contributed by atoms with Gasteiger partial charge in [0.2, 0.25) is 0 Å². The van der Waals surface area contributed by atoms with Crippen LogP contribution < -0.4 is 10.4 Å². The molecule has 1 N–H and O–H groups in total. The largest absolute Gasteiger partial charge is 0.504 e. The number of nitrogens with zero attached hydrogens (tertiary/aromatic N) is 1. The van der Waals surface area contributed by atoms with Crippen LogP contribution in [0.5, 0.6) is 11.5 Å². The number of fused-ring (bicyclic) bond motifs is 1. The van der Waals surface area contributed by atoms with Crippen molar-refractivity contribution in [3.05, 3.63) is 53.1 Å². The number of hydrogen-bond acceptors (Lipinski definition) is 5. The highest BCUT2D eigenvalue weighted by Gasteiger charge is 2.12. The van der Waals surface area contributed by atoms with E-state index in [1.807, 2.05) is 0 Å². The Kier molecular flexibility index (Phi) is 2.87. The second kappa shape index (κ2) is 4.70. The first-order chi connectivity index (χ1) is 9.69. The molecule has 3 rings (SSSR count). The Hall–Kier alpha value is -2.82. The van der Waals surface area contributed by atoms with Gasteiger partial charge in [0.1, 0.15) is 5.58 Å². The fourth-order valence-electron chi connectivity index (χ4n) is 2.11. The minimum atomic E-state index is -0.478. The molecule has 0 aliphatic carbocycles. The topological polar surface area (TPSA) is 72.6 Å². The number of aromatic nitrogens is 1. The molecule has 2 heterocycles. The number of aromatic hydroxyl groups is 1. The van der Waals surface area contributed by atoms with Crippen LogP contribution in [0.3, 0.4) is 0 Å². The summed E-state index contributed by atoms with van der Waals surface area (Å²) >= 11 is 0.